The summed E-state index contributed by atoms with van der Waals surface area (Å²) in [5, 5.41) is 18.1. The fraction of sp³-hybridized carbons (Fsp3) is 1.00. The zero-order chi connectivity index (χ0) is 8.60. The summed E-state index contributed by atoms with van der Waals surface area (Å²) < 4.78 is 5.34. The standard InChI is InChI=1S/C9H16O3/c10-3-4-12-8-6-9(1-2-9)5-7(8)11/h7-8,10-11H,1-6H2/t7-,8-/m0/s1. The fourth-order valence-electron chi connectivity index (χ4n) is 2.18. The highest BCUT2D eigenvalue weighted by Crippen LogP contribution is 2.58. The normalized spacial score (nSPS) is 37.5. The second kappa shape index (κ2) is 2.98. The van der Waals surface area contributed by atoms with E-state index in [0.717, 1.165) is 12.8 Å². The van der Waals surface area contributed by atoms with Crippen molar-refractivity contribution in [3.05, 3.63) is 0 Å². The summed E-state index contributed by atoms with van der Waals surface area (Å²) >= 11 is 0. The second-order valence-electron chi connectivity index (χ2n) is 4.11. The molecule has 0 unspecified atom stereocenters. The molecular weight excluding hydrogens is 156 g/mol. The van der Waals surface area contributed by atoms with Crippen LogP contribution in [0.25, 0.3) is 0 Å². The van der Waals surface area contributed by atoms with Crippen LogP contribution >= 0.6 is 0 Å². The van der Waals surface area contributed by atoms with Crippen LogP contribution in [0, 0.1) is 5.41 Å². The molecule has 0 aromatic heterocycles. The Hall–Kier alpha value is -0.120. The maximum atomic E-state index is 9.58. The third kappa shape index (κ3) is 1.49. The van der Waals surface area contributed by atoms with Crippen molar-refractivity contribution < 1.29 is 14.9 Å². The average molecular weight is 172 g/mol. The lowest BCUT2D eigenvalue weighted by molar-refractivity contribution is -0.0304. The van der Waals surface area contributed by atoms with Gasteiger partial charge in [-0.15, -0.1) is 0 Å². The molecule has 0 aliphatic heterocycles. The van der Waals surface area contributed by atoms with Gasteiger partial charge in [-0.1, -0.05) is 0 Å². The molecule has 0 saturated heterocycles. The van der Waals surface area contributed by atoms with Crippen molar-refractivity contribution in [2.24, 2.45) is 5.41 Å². The van der Waals surface area contributed by atoms with Gasteiger partial charge in [0.2, 0.25) is 0 Å². The summed E-state index contributed by atoms with van der Waals surface area (Å²) in [6.45, 7) is 0.411. The van der Waals surface area contributed by atoms with Gasteiger partial charge >= 0.3 is 0 Å². The molecule has 0 heterocycles. The van der Waals surface area contributed by atoms with Crippen LogP contribution in [-0.4, -0.2) is 35.6 Å². The van der Waals surface area contributed by atoms with Gasteiger partial charge in [0.05, 0.1) is 25.4 Å². The van der Waals surface area contributed by atoms with Crippen molar-refractivity contribution in [3.8, 4) is 0 Å². The molecule has 2 aliphatic carbocycles. The van der Waals surface area contributed by atoms with Crippen molar-refractivity contribution in [1.29, 1.82) is 0 Å². The van der Waals surface area contributed by atoms with E-state index in [2.05, 4.69) is 0 Å². The molecule has 0 amide bonds. The van der Waals surface area contributed by atoms with E-state index < -0.39 is 0 Å². The van der Waals surface area contributed by atoms with Crippen molar-refractivity contribution in [2.45, 2.75) is 37.9 Å². The SMILES string of the molecule is OCCO[C@H]1CC2(CC2)C[C@@H]1O. The Balaban J connectivity index is 1.82. The molecular formula is C9H16O3. The maximum absolute atomic E-state index is 9.58. The van der Waals surface area contributed by atoms with E-state index in [-0.39, 0.29) is 18.8 Å². The van der Waals surface area contributed by atoms with Crippen LogP contribution in [0.3, 0.4) is 0 Å². The van der Waals surface area contributed by atoms with Gasteiger partial charge in [0.25, 0.3) is 0 Å². The minimum absolute atomic E-state index is 0.0142. The topological polar surface area (TPSA) is 49.7 Å². The molecule has 2 fully saturated rings. The van der Waals surface area contributed by atoms with Crippen LogP contribution in [0.4, 0.5) is 0 Å². The third-order valence-electron chi connectivity index (χ3n) is 3.09. The highest BCUT2D eigenvalue weighted by atomic mass is 16.5. The Bertz CT molecular complexity index is 165. The molecule has 3 nitrogen and oxygen atoms in total. The van der Waals surface area contributed by atoms with Crippen LogP contribution in [0.5, 0.6) is 0 Å². The van der Waals surface area contributed by atoms with Gasteiger partial charge in [-0.25, -0.2) is 0 Å². The maximum Gasteiger partial charge on any atom is 0.0840 e. The van der Waals surface area contributed by atoms with Crippen molar-refractivity contribution in [1.82, 2.24) is 0 Å². The Labute approximate surface area is 72.3 Å². The van der Waals surface area contributed by atoms with Gasteiger partial charge in [-0.3, -0.25) is 0 Å². The molecule has 0 radical (unpaired) electrons. The zero-order valence-electron chi connectivity index (χ0n) is 7.20. The summed E-state index contributed by atoms with van der Waals surface area (Å²) in [6.07, 6.45) is 4.10. The Morgan fingerprint density at radius 1 is 1.33 bits per heavy atom. The minimum atomic E-state index is -0.293. The smallest absolute Gasteiger partial charge is 0.0840 e. The lowest BCUT2D eigenvalue weighted by Crippen LogP contribution is -2.23. The molecule has 70 valence electrons. The highest BCUT2D eigenvalue weighted by molar-refractivity contribution is 5.03. The van der Waals surface area contributed by atoms with Gasteiger partial charge in [0.1, 0.15) is 0 Å². The highest BCUT2D eigenvalue weighted by Gasteiger charge is 2.52. The van der Waals surface area contributed by atoms with Gasteiger partial charge in [0.15, 0.2) is 0 Å². The first-order chi connectivity index (χ1) is 5.76. The van der Waals surface area contributed by atoms with Crippen LogP contribution in [0.1, 0.15) is 25.7 Å². The van der Waals surface area contributed by atoms with Crippen LogP contribution in [0.2, 0.25) is 0 Å². The number of aliphatic hydroxyl groups is 2. The number of aliphatic hydroxyl groups excluding tert-OH is 2. The number of ether oxygens (including phenoxy) is 1. The summed E-state index contributed by atoms with van der Waals surface area (Å²) in [4.78, 5) is 0. The van der Waals surface area contributed by atoms with Crippen molar-refractivity contribution >= 4 is 0 Å². The van der Waals surface area contributed by atoms with Crippen LogP contribution < -0.4 is 0 Å². The molecule has 12 heavy (non-hydrogen) atoms. The first-order valence-corrected chi connectivity index (χ1v) is 4.66. The lowest BCUT2D eigenvalue weighted by Gasteiger charge is -2.14. The Kier molecular flexibility index (Phi) is 2.10. The Morgan fingerprint density at radius 3 is 2.58 bits per heavy atom. The molecule has 2 saturated carbocycles. The molecule has 2 rings (SSSR count). The zero-order valence-corrected chi connectivity index (χ0v) is 7.20. The average Bonchev–Trinajstić information content (AvgIpc) is 2.70. The van der Waals surface area contributed by atoms with Gasteiger partial charge in [-0.05, 0) is 31.1 Å². The molecule has 1 spiro atoms. The Morgan fingerprint density at radius 2 is 2.08 bits per heavy atom. The summed E-state index contributed by atoms with van der Waals surface area (Å²) in [6, 6.07) is 0. The lowest BCUT2D eigenvalue weighted by atomic mass is 10.1. The fourth-order valence-corrected chi connectivity index (χ4v) is 2.18. The first-order valence-electron chi connectivity index (χ1n) is 4.66. The predicted octanol–water partition coefficient (Wildman–Crippen LogP) is 0.299. The van der Waals surface area contributed by atoms with E-state index in [0.29, 0.717) is 12.0 Å². The van der Waals surface area contributed by atoms with Gasteiger partial charge in [-0.2, -0.15) is 0 Å². The van der Waals surface area contributed by atoms with Crippen LogP contribution in [0.15, 0.2) is 0 Å². The summed E-state index contributed by atoms with van der Waals surface area (Å²) in [5.74, 6) is 0. The molecule has 0 aromatic rings. The van der Waals surface area contributed by atoms with E-state index in [1.54, 1.807) is 0 Å². The molecule has 3 heteroatoms. The summed E-state index contributed by atoms with van der Waals surface area (Å²) in [5.41, 5.74) is 0.430. The van der Waals surface area contributed by atoms with E-state index in [4.69, 9.17) is 9.84 Å². The van der Waals surface area contributed by atoms with Crippen LogP contribution in [-0.2, 0) is 4.74 Å². The molecule has 0 aromatic carbocycles. The van der Waals surface area contributed by atoms with Crippen molar-refractivity contribution in [3.63, 3.8) is 0 Å². The van der Waals surface area contributed by atoms with E-state index >= 15 is 0 Å². The monoisotopic (exact) mass is 172 g/mol. The molecule has 0 bridgehead atoms. The third-order valence-corrected chi connectivity index (χ3v) is 3.09. The van der Waals surface area contributed by atoms with E-state index in [1.807, 2.05) is 0 Å². The van der Waals surface area contributed by atoms with E-state index in [1.165, 1.54) is 12.8 Å². The summed E-state index contributed by atoms with van der Waals surface area (Å²) in [7, 11) is 0. The predicted molar refractivity (Wildman–Crippen MR) is 43.7 cm³/mol. The quantitative estimate of drug-likeness (QED) is 0.643. The molecule has 2 atom stereocenters. The number of hydrogen-bond donors (Lipinski definition) is 2. The second-order valence-corrected chi connectivity index (χ2v) is 4.11. The number of hydrogen-bond acceptors (Lipinski definition) is 3. The van der Waals surface area contributed by atoms with Gasteiger partial charge in [0, 0.05) is 0 Å². The first kappa shape index (κ1) is 8.48. The molecule has 2 N–H and O–H groups in total. The van der Waals surface area contributed by atoms with Crippen molar-refractivity contribution in [2.75, 3.05) is 13.2 Å². The largest absolute Gasteiger partial charge is 0.394 e. The molecule has 2 aliphatic rings. The minimum Gasteiger partial charge on any atom is -0.394 e. The van der Waals surface area contributed by atoms with E-state index in [9.17, 15) is 5.11 Å². The number of rotatable bonds is 3. The van der Waals surface area contributed by atoms with Gasteiger partial charge < -0.3 is 14.9 Å².